The first-order chi connectivity index (χ1) is 14.7. The molecule has 1 fully saturated rings. The quantitative estimate of drug-likeness (QED) is 0.332. The molecule has 0 saturated heterocycles. The number of carbonyl (C=O) groups excluding carboxylic acids is 3. The molecule has 4 rings (SSSR count). The third-order valence-corrected chi connectivity index (χ3v) is 5.68. The molecular formula is C22H18F3N3O3. The molecule has 9 heteroatoms. The summed E-state index contributed by atoms with van der Waals surface area (Å²) in [7, 11) is 0. The number of nitrogens with zero attached hydrogens (tertiary/aromatic N) is 1. The third-order valence-electron chi connectivity index (χ3n) is 5.68. The van der Waals surface area contributed by atoms with Crippen molar-refractivity contribution in [3.8, 4) is 12.3 Å². The van der Waals surface area contributed by atoms with Crippen LogP contribution in [0, 0.1) is 36.7 Å². The van der Waals surface area contributed by atoms with Gasteiger partial charge >= 0.3 is 0 Å². The van der Waals surface area contributed by atoms with Crippen LogP contribution in [0.25, 0.3) is 0 Å². The van der Waals surface area contributed by atoms with Crippen molar-refractivity contribution in [1.29, 1.82) is 0 Å². The van der Waals surface area contributed by atoms with Crippen molar-refractivity contribution in [3.63, 3.8) is 0 Å². The average Bonchev–Trinajstić information content (AvgIpc) is 3.23. The molecule has 160 valence electrons. The number of hydrogen-bond donors (Lipinski definition) is 2. The number of carbonyl (C=O) groups is 3. The van der Waals surface area contributed by atoms with Gasteiger partial charge in [0, 0.05) is 30.1 Å². The molecule has 0 bridgehead atoms. The Morgan fingerprint density at radius 2 is 1.81 bits per heavy atom. The fourth-order valence-corrected chi connectivity index (χ4v) is 3.95. The van der Waals surface area contributed by atoms with Gasteiger partial charge in [-0.2, -0.15) is 0 Å². The summed E-state index contributed by atoms with van der Waals surface area (Å²) in [4.78, 5) is 38.3. The van der Waals surface area contributed by atoms with Crippen LogP contribution in [0.5, 0.6) is 0 Å². The lowest BCUT2D eigenvalue weighted by Gasteiger charge is -2.10. The van der Waals surface area contributed by atoms with Crippen molar-refractivity contribution in [3.05, 3.63) is 52.1 Å². The summed E-state index contributed by atoms with van der Waals surface area (Å²) < 4.78 is 41.8. The van der Waals surface area contributed by atoms with Crippen molar-refractivity contribution in [2.45, 2.75) is 44.7 Å². The predicted octanol–water partition coefficient (Wildman–Crippen LogP) is 2.88. The van der Waals surface area contributed by atoms with E-state index in [-0.39, 0.29) is 22.5 Å². The molecule has 1 aliphatic heterocycles. The van der Waals surface area contributed by atoms with Crippen LogP contribution in [0.15, 0.2) is 12.1 Å². The fraction of sp³-hybridized carbons (Fsp3) is 0.318. The normalized spacial score (nSPS) is 15.7. The van der Waals surface area contributed by atoms with E-state index in [0.29, 0.717) is 50.1 Å². The summed E-state index contributed by atoms with van der Waals surface area (Å²) in [5.74, 6) is -4.40. The van der Waals surface area contributed by atoms with E-state index in [1.807, 2.05) is 0 Å². The zero-order valence-electron chi connectivity index (χ0n) is 16.6. The minimum absolute atomic E-state index is 0.104. The van der Waals surface area contributed by atoms with E-state index in [1.54, 1.807) is 4.57 Å². The Labute approximate surface area is 175 Å². The number of Topliss-reactive ketones (excluding diaryl/α,β-unsaturated/α-hetero) is 1. The Kier molecular flexibility index (Phi) is 4.88. The van der Waals surface area contributed by atoms with Crippen molar-refractivity contribution < 1.29 is 27.6 Å². The number of ketones is 1. The molecule has 31 heavy (non-hydrogen) atoms. The topological polar surface area (TPSA) is 80.2 Å². The number of nitrogens with one attached hydrogen (secondary N) is 2. The summed E-state index contributed by atoms with van der Waals surface area (Å²) >= 11 is 0. The molecule has 2 aromatic rings. The Morgan fingerprint density at radius 1 is 1.16 bits per heavy atom. The van der Waals surface area contributed by atoms with Gasteiger partial charge in [-0.1, -0.05) is 5.92 Å². The van der Waals surface area contributed by atoms with Gasteiger partial charge in [0.2, 0.25) is 0 Å². The van der Waals surface area contributed by atoms with Crippen molar-refractivity contribution in [2.75, 3.05) is 5.32 Å². The van der Waals surface area contributed by atoms with E-state index in [0.717, 1.165) is 0 Å². The highest BCUT2D eigenvalue weighted by Gasteiger charge is 2.44. The summed E-state index contributed by atoms with van der Waals surface area (Å²) in [6, 6.07) is 1.32. The lowest BCUT2D eigenvalue weighted by atomic mass is 10.0. The van der Waals surface area contributed by atoms with Crippen LogP contribution in [0.2, 0.25) is 0 Å². The highest BCUT2D eigenvalue weighted by Crippen LogP contribution is 2.35. The van der Waals surface area contributed by atoms with E-state index < -0.39 is 40.6 Å². The van der Waals surface area contributed by atoms with Gasteiger partial charge in [-0.05, 0) is 38.2 Å². The Balaban J connectivity index is 1.66. The van der Waals surface area contributed by atoms with Crippen molar-refractivity contribution in [1.82, 2.24) is 9.88 Å². The third kappa shape index (κ3) is 3.48. The first-order valence-corrected chi connectivity index (χ1v) is 9.70. The SMILES string of the molecule is C#CC1(NC(=O)C(=O)c2c(C)c(C(=O)Nc3cc(F)c(F)c(F)c3)n3c2CCC3)CC1. The van der Waals surface area contributed by atoms with Crippen molar-refractivity contribution in [2.24, 2.45) is 0 Å². The number of halogens is 3. The Bertz CT molecular complexity index is 1170. The number of terminal acetylenes is 1. The molecule has 1 aliphatic carbocycles. The number of hydrogen-bond acceptors (Lipinski definition) is 3. The molecule has 0 unspecified atom stereocenters. The summed E-state index contributed by atoms with van der Waals surface area (Å²) in [6.45, 7) is 1.97. The van der Waals surface area contributed by atoms with E-state index in [4.69, 9.17) is 6.42 Å². The standard InChI is InChI=1S/C22H18F3N3O3/c1-3-22(6-7-22)27-21(31)19(29)16-11(2)18(28-8-4-5-15(16)28)20(30)26-12-9-13(23)17(25)14(24)10-12/h1,9-10H,4-8H2,2H3,(H,26,30)(H,27,31). The number of benzene rings is 1. The van der Waals surface area contributed by atoms with E-state index in [2.05, 4.69) is 16.6 Å². The maximum absolute atomic E-state index is 13.5. The van der Waals surface area contributed by atoms with Gasteiger partial charge in [0.25, 0.3) is 17.6 Å². The summed E-state index contributed by atoms with van der Waals surface area (Å²) in [5, 5.41) is 4.91. The summed E-state index contributed by atoms with van der Waals surface area (Å²) in [6.07, 6.45) is 7.74. The minimum atomic E-state index is -1.64. The van der Waals surface area contributed by atoms with Crippen LogP contribution in [-0.2, 0) is 17.8 Å². The number of rotatable bonds is 5. The van der Waals surface area contributed by atoms with Crippen molar-refractivity contribution >= 4 is 23.3 Å². The first-order valence-electron chi connectivity index (χ1n) is 9.70. The molecule has 1 aromatic carbocycles. The molecule has 0 atom stereocenters. The second kappa shape index (κ2) is 7.30. The Hall–Kier alpha value is -3.54. The van der Waals surface area contributed by atoms with E-state index >= 15 is 0 Å². The maximum Gasteiger partial charge on any atom is 0.293 e. The van der Waals surface area contributed by atoms with Gasteiger partial charge in [0.05, 0.1) is 5.56 Å². The highest BCUT2D eigenvalue weighted by molar-refractivity contribution is 6.44. The van der Waals surface area contributed by atoms with E-state index in [9.17, 15) is 27.6 Å². The molecule has 0 radical (unpaired) electrons. The minimum Gasteiger partial charge on any atom is -0.340 e. The Morgan fingerprint density at radius 3 is 2.39 bits per heavy atom. The lowest BCUT2D eigenvalue weighted by Crippen LogP contribution is -2.40. The zero-order chi connectivity index (χ0) is 22.5. The number of amides is 2. The van der Waals surface area contributed by atoms with Crippen LogP contribution in [0.3, 0.4) is 0 Å². The van der Waals surface area contributed by atoms with Crippen LogP contribution in [0.1, 0.15) is 51.4 Å². The molecule has 0 spiro atoms. The molecule has 2 aliphatic rings. The largest absolute Gasteiger partial charge is 0.340 e. The van der Waals surface area contributed by atoms with Crippen LogP contribution >= 0.6 is 0 Å². The van der Waals surface area contributed by atoms with E-state index in [1.165, 1.54) is 6.92 Å². The van der Waals surface area contributed by atoms with Gasteiger partial charge in [-0.25, -0.2) is 13.2 Å². The molecule has 1 aromatic heterocycles. The molecule has 1 saturated carbocycles. The number of anilines is 1. The monoisotopic (exact) mass is 429 g/mol. The zero-order valence-corrected chi connectivity index (χ0v) is 16.6. The number of fused-ring (bicyclic) bond motifs is 1. The fourth-order valence-electron chi connectivity index (χ4n) is 3.95. The second-order valence-corrected chi connectivity index (χ2v) is 7.77. The lowest BCUT2D eigenvalue weighted by molar-refractivity contribution is -0.117. The van der Waals surface area contributed by atoms with Gasteiger partial charge in [0.1, 0.15) is 11.2 Å². The molecule has 6 nitrogen and oxygen atoms in total. The van der Waals surface area contributed by atoms with Crippen LogP contribution in [-0.4, -0.2) is 27.7 Å². The van der Waals surface area contributed by atoms with Crippen LogP contribution < -0.4 is 10.6 Å². The van der Waals surface area contributed by atoms with Gasteiger partial charge in [-0.3, -0.25) is 14.4 Å². The molecule has 2 amide bonds. The molecular weight excluding hydrogens is 411 g/mol. The second-order valence-electron chi connectivity index (χ2n) is 7.77. The van der Waals surface area contributed by atoms with Crippen LogP contribution in [0.4, 0.5) is 18.9 Å². The predicted molar refractivity (Wildman–Crippen MR) is 105 cm³/mol. The average molecular weight is 429 g/mol. The highest BCUT2D eigenvalue weighted by atomic mass is 19.2. The van der Waals surface area contributed by atoms with Gasteiger partial charge < -0.3 is 15.2 Å². The maximum atomic E-state index is 13.5. The smallest absolute Gasteiger partial charge is 0.293 e. The molecule has 2 N–H and O–H groups in total. The van der Waals surface area contributed by atoms with Gasteiger partial charge in [0.15, 0.2) is 17.5 Å². The summed E-state index contributed by atoms with van der Waals surface area (Å²) in [5.41, 5.74) is -0.00714. The first kappa shape index (κ1) is 20.7. The van der Waals surface area contributed by atoms with Gasteiger partial charge in [-0.15, -0.1) is 6.42 Å². The number of aromatic nitrogens is 1. The molecule has 2 heterocycles.